The molecule has 128 valence electrons. The molecule has 23 heavy (non-hydrogen) atoms. The average Bonchev–Trinajstić information content (AvgIpc) is 2.99. The molecule has 2 heterocycles. The van der Waals surface area contributed by atoms with E-state index in [9.17, 15) is 4.79 Å². The molecule has 1 saturated carbocycles. The molecule has 0 spiro atoms. The second-order valence-corrected chi connectivity index (χ2v) is 9.63. The van der Waals surface area contributed by atoms with Crippen LogP contribution in [0.3, 0.4) is 0 Å². The largest absolute Gasteiger partial charge is 0.342 e. The van der Waals surface area contributed by atoms with Crippen LogP contribution in [0.1, 0.15) is 56.1 Å². The Labute approximate surface area is 149 Å². The van der Waals surface area contributed by atoms with E-state index in [0.717, 1.165) is 49.9 Å². The Morgan fingerprint density at radius 3 is 2.61 bits per heavy atom. The van der Waals surface area contributed by atoms with Crippen LogP contribution in [0.2, 0.25) is 0 Å². The smallest absolute Gasteiger partial charge is 0.225 e. The van der Waals surface area contributed by atoms with Gasteiger partial charge in [-0.15, -0.1) is 11.3 Å². The van der Waals surface area contributed by atoms with Crippen LogP contribution in [-0.2, 0) is 4.79 Å². The van der Waals surface area contributed by atoms with Crippen molar-refractivity contribution in [1.29, 1.82) is 0 Å². The third kappa shape index (κ3) is 4.33. The van der Waals surface area contributed by atoms with Gasteiger partial charge in [-0.2, -0.15) is 11.8 Å². The van der Waals surface area contributed by atoms with Crippen molar-refractivity contribution in [3.05, 3.63) is 22.4 Å². The van der Waals surface area contributed by atoms with Gasteiger partial charge >= 0.3 is 0 Å². The molecule has 1 aliphatic heterocycles. The molecule has 3 rings (SSSR count). The van der Waals surface area contributed by atoms with Crippen molar-refractivity contribution in [2.24, 2.45) is 17.8 Å². The van der Waals surface area contributed by atoms with Crippen molar-refractivity contribution < 1.29 is 4.79 Å². The van der Waals surface area contributed by atoms with Gasteiger partial charge < -0.3 is 4.90 Å². The lowest BCUT2D eigenvalue weighted by Crippen LogP contribution is -2.39. The number of carbonyl (C=O) groups is 1. The van der Waals surface area contributed by atoms with Crippen LogP contribution in [0.5, 0.6) is 0 Å². The van der Waals surface area contributed by atoms with Gasteiger partial charge in [0.15, 0.2) is 0 Å². The number of amides is 1. The average molecular weight is 352 g/mol. The van der Waals surface area contributed by atoms with Gasteiger partial charge in [0, 0.05) is 34.9 Å². The molecule has 2 nitrogen and oxygen atoms in total. The highest BCUT2D eigenvalue weighted by Gasteiger charge is 2.31. The maximum atomic E-state index is 12.9. The topological polar surface area (TPSA) is 20.3 Å². The summed E-state index contributed by atoms with van der Waals surface area (Å²) in [5.41, 5.74) is 0. The maximum absolute atomic E-state index is 12.9. The molecule has 2 aliphatic rings. The summed E-state index contributed by atoms with van der Waals surface area (Å²) in [6.45, 7) is 6.53. The monoisotopic (exact) mass is 351 g/mol. The Morgan fingerprint density at radius 1 is 1.17 bits per heavy atom. The maximum Gasteiger partial charge on any atom is 0.225 e. The fraction of sp³-hybridized carbons (Fsp3) is 0.737. The molecule has 0 bridgehead atoms. The van der Waals surface area contributed by atoms with E-state index in [1.807, 2.05) is 23.1 Å². The highest BCUT2D eigenvalue weighted by Crippen LogP contribution is 2.38. The Bertz CT molecular complexity index is 491. The van der Waals surface area contributed by atoms with Crippen molar-refractivity contribution in [2.75, 3.05) is 18.8 Å². The van der Waals surface area contributed by atoms with E-state index in [1.54, 1.807) is 0 Å². The Balaban J connectivity index is 1.52. The summed E-state index contributed by atoms with van der Waals surface area (Å²) in [5, 5.41) is 2.75. The first-order chi connectivity index (χ1) is 11.1. The highest BCUT2D eigenvalue weighted by atomic mass is 32.2. The first kappa shape index (κ1) is 17.3. The predicted octanol–water partition coefficient (Wildman–Crippen LogP) is 5.22. The van der Waals surface area contributed by atoms with E-state index in [4.69, 9.17) is 0 Å². The van der Waals surface area contributed by atoms with Crippen molar-refractivity contribution in [2.45, 2.75) is 51.2 Å². The van der Waals surface area contributed by atoms with Crippen LogP contribution >= 0.6 is 23.1 Å². The molecule has 1 amide bonds. The van der Waals surface area contributed by atoms with Gasteiger partial charge in [0.25, 0.3) is 0 Å². The number of hydrogen-bond acceptors (Lipinski definition) is 3. The van der Waals surface area contributed by atoms with E-state index in [-0.39, 0.29) is 0 Å². The molecule has 1 saturated heterocycles. The highest BCUT2D eigenvalue weighted by molar-refractivity contribution is 7.99. The first-order valence-electron chi connectivity index (χ1n) is 9.09. The zero-order valence-corrected chi connectivity index (χ0v) is 16.0. The number of carbonyl (C=O) groups excluding carboxylic acids is 1. The van der Waals surface area contributed by atoms with Crippen LogP contribution in [0, 0.1) is 17.8 Å². The molecule has 1 unspecified atom stereocenters. The summed E-state index contributed by atoms with van der Waals surface area (Å²) in [6.07, 6.45) is 5.82. The first-order valence-corrected chi connectivity index (χ1v) is 11.0. The third-order valence-electron chi connectivity index (χ3n) is 5.58. The number of hydrogen-bond donors (Lipinski definition) is 0. The molecule has 1 aliphatic carbocycles. The predicted molar refractivity (Wildman–Crippen MR) is 101 cm³/mol. The van der Waals surface area contributed by atoms with Gasteiger partial charge in [0.05, 0.1) is 0 Å². The van der Waals surface area contributed by atoms with Crippen molar-refractivity contribution in [3.63, 3.8) is 0 Å². The normalized spacial score (nSPS) is 29.5. The summed E-state index contributed by atoms with van der Waals surface area (Å²) < 4.78 is 0. The zero-order valence-electron chi connectivity index (χ0n) is 14.4. The fourth-order valence-electron chi connectivity index (χ4n) is 3.98. The minimum absolute atomic E-state index is 0.299. The minimum atomic E-state index is 0.299. The molecule has 1 aromatic heterocycles. The van der Waals surface area contributed by atoms with Gasteiger partial charge in [0.1, 0.15) is 0 Å². The van der Waals surface area contributed by atoms with Gasteiger partial charge in [-0.25, -0.2) is 0 Å². The van der Waals surface area contributed by atoms with Gasteiger partial charge in [-0.05, 0) is 55.4 Å². The van der Waals surface area contributed by atoms with E-state index in [0.29, 0.717) is 17.1 Å². The molecule has 0 N–H and O–H groups in total. The number of nitrogens with zero attached hydrogens (tertiary/aromatic N) is 1. The lowest BCUT2D eigenvalue weighted by molar-refractivity contribution is -0.136. The number of rotatable bonds is 3. The van der Waals surface area contributed by atoms with E-state index in [2.05, 4.69) is 36.3 Å². The molecule has 2 fully saturated rings. The summed E-state index contributed by atoms with van der Waals surface area (Å²) in [7, 11) is 0. The zero-order chi connectivity index (χ0) is 16.2. The number of thioether (sulfide) groups is 1. The van der Waals surface area contributed by atoms with E-state index >= 15 is 0 Å². The van der Waals surface area contributed by atoms with Crippen LogP contribution < -0.4 is 0 Å². The Hall–Kier alpha value is -0.480. The summed E-state index contributed by atoms with van der Waals surface area (Å²) in [6, 6.07) is 4.38. The molecular weight excluding hydrogens is 322 g/mol. The molecular formula is C19H29NOS2. The minimum Gasteiger partial charge on any atom is -0.342 e. The summed E-state index contributed by atoms with van der Waals surface area (Å²) in [5.74, 6) is 3.43. The van der Waals surface area contributed by atoms with Crippen molar-refractivity contribution in [1.82, 2.24) is 4.90 Å². The molecule has 4 heteroatoms. The Morgan fingerprint density at radius 2 is 1.96 bits per heavy atom. The quantitative estimate of drug-likeness (QED) is 0.744. The SMILES string of the molecule is CC(C)C1CCC(C(=O)N2CCSC(c3cccs3)CC2)CC1. The van der Waals surface area contributed by atoms with E-state index in [1.165, 1.54) is 17.7 Å². The molecule has 1 aromatic rings. The lowest BCUT2D eigenvalue weighted by Gasteiger charge is -2.33. The molecule has 1 atom stereocenters. The summed E-state index contributed by atoms with van der Waals surface area (Å²) >= 11 is 3.89. The lowest BCUT2D eigenvalue weighted by atomic mass is 9.76. The number of thiophene rings is 1. The van der Waals surface area contributed by atoms with E-state index < -0.39 is 0 Å². The summed E-state index contributed by atoms with van der Waals surface area (Å²) in [4.78, 5) is 16.5. The fourth-order valence-corrected chi connectivity index (χ4v) is 6.22. The van der Waals surface area contributed by atoms with Crippen LogP contribution in [-0.4, -0.2) is 29.6 Å². The van der Waals surface area contributed by atoms with Gasteiger partial charge in [-0.1, -0.05) is 19.9 Å². The second kappa shape index (κ2) is 8.06. The third-order valence-corrected chi connectivity index (χ3v) is 8.02. The van der Waals surface area contributed by atoms with Crippen LogP contribution in [0.4, 0.5) is 0 Å². The van der Waals surface area contributed by atoms with Crippen molar-refractivity contribution >= 4 is 29.0 Å². The van der Waals surface area contributed by atoms with Gasteiger partial charge in [-0.3, -0.25) is 4.79 Å². The van der Waals surface area contributed by atoms with Crippen LogP contribution in [0.15, 0.2) is 17.5 Å². The molecule has 0 aromatic carbocycles. The standard InChI is InChI=1S/C19H29NOS2/c1-14(2)15-5-7-16(8-6-15)19(21)20-10-9-18(23-13-11-20)17-4-3-12-22-17/h3-4,12,14-16,18H,5-11,13H2,1-2H3. The van der Waals surface area contributed by atoms with Crippen molar-refractivity contribution in [3.8, 4) is 0 Å². The van der Waals surface area contributed by atoms with Crippen LogP contribution in [0.25, 0.3) is 0 Å². The van der Waals surface area contributed by atoms with Gasteiger partial charge in [0.2, 0.25) is 5.91 Å². The Kier molecular flexibility index (Phi) is 6.08. The molecule has 0 radical (unpaired) electrons. The second-order valence-electron chi connectivity index (χ2n) is 7.34.